The minimum atomic E-state index is -5.97. The van der Waals surface area contributed by atoms with E-state index in [1.807, 2.05) is 9.80 Å². The van der Waals surface area contributed by atoms with Gasteiger partial charge in [-0.2, -0.15) is 4.98 Å². The molecule has 0 bridgehead atoms. The highest BCUT2D eigenvalue weighted by molar-refractivity contribution is 7.65. The Morgan fingerprint density at radius 1 is 0.815 bits per heavy atom. The molecule has 6 atom stereocenters. The van der Waals surface area contributed by atoms with Gasteiger partial charge < -0.3 is 45.0 Å². The van der Waals surface area contributed by atoms with Crippen LogP contribution in [0.25, 0.3) is 0 Å². The highest BCUT2D eigenvalue weighted by Gasteiger charge is 2.39. The molecular weight excluding hydrogens is 767 g/mol. The van der Waals surface area contributed by atoms with Gasteiger partial charge >= 0.3 is 13.5 Å². The number of unbranched alkanes of at least 4 members (excludes halogenated alkanes) is 6. The predicted octanol–water partition coefficient (Wildman–Crippen LogP) is 2.10. The molecule has 54 heavy (non-hydrogen) atoms. The first-order chi connectivity index (χ1) is 25.4. The number of aliphatic hydroxyl groups is 1. The lowest BCUT2D eigenvalue weighted by molar-refractivity contribution is -0.900. The van der Waals surface area contributed by atoms with Crippen molar-refractivity contribution in [2.24, 2.45) is 0 Å². The average Bonchev–Trinajstić information content (AvgIpc) is 3.45. The summed E-state index contributed by atoms with van der Waals surface area (Å²) in [6.45, 7) is 21.2. The number of hydrogen-bond acceptors (Lipinski definition) is 13. The second-order valence-electron chi connectivity index (χ2n) is 13.4. The number of rotatable bonds is 26. The SMILES string of the molecule is CCCC[NH+](CCCC)CCCC.CCCC[NH+](CCCC)CCCC.Nc1ccn([C@H]2C[C@H](O)[C@@H](COP(=O)(O)OP(=O)([O-])OP(=O)([O-])O)O2)c(=O)n1. The van der Waals surface area contributed by atoms with E-state index in [0.717, 1.165) is 4.57 Å². The van der Waals surface area contributed by atoms with E-state index < -0.39 is 54.2 Å². The first-order valence-electron chi connectivity index (χ1n) is 19.5. The van der Waals surface area contributed by atoms with Gasteiger partial charge in [-0.1, -0.05) is 80.1 Å². The largest absolute Gasteiger partial charge is 0.756 e. The van der Waals surface area contributed by atoms with Gasteiger partial charge in [0.05, 0.1) is 52.0 Å². The van der Waals surface area contributed by atoms with E-state index >= 15 is 0 Å². The molecule has 0 aliphatic carbocycles. The van der Waals surface area contributed by atoms with Gasteiger partial charge in [0, 0.05) is 12.6 Å². The summed E-state index contributed by atoms with van der Waals surface area (Å²) in [6, 6.07) is 1.29. The average molecular weight is 838 g/mol. The number of quaternary nitrogens is 2. The number of nitrogens with zero attached hydrogens (tertiary/aromatic N) is 2. The number of aromatic nitrogens is 2. The molecular formula is C33H70N5O13P3. The second-order valence-corrected chi connectivity index (χ2v) is 17.8. The molecule has 1 aliphatic rings. The van der Waals surface area contributed by atoms with E-state index in [-0.39, 0.29) is 12.2 Å². The molecule has 0 radical (unpaired) electrons. The lowest BCUT2D eigenvalue weighted by Crippen LogP contribution is -3.12. The third kappa shape index (κ3) is 26.0. The van der Waals surface area contributed by atoms with Crippen LogP contribution >= 0.6 is 23.5 Å². The van der Waals surface area contributed by atoms with E-state index in [9.17, 15) is 38.3 Å². The minimum absolute atomic E-state index is 0.0483. The summed E-state index contributed by atoms with van der Waals surface area (Å²) in [5.74, 6) is -0.0483. The van der Waals surface area contributed by atoms with Crippen LogP contribution in [0.3, 0.4) is 0 Å². The number of phosphoric acid groups is 3. The van der Waals surface area contributed by atoms with Crippen LogP contribution in [0.4, 0.5) is 5.82 Å². The number of ether oxygens (including phenoxy) is 1. The van der Waals surface area contributed by atoms with E-state index in [4.69, 9.17) is 15.4 Å². The van der Waals surface area contributed by atoms with Crippen LogP contribution in [0.5, 0.6) is 0 Å². The van der Waals surface area contributed by atoms with Crippen molar-refractivity contribution in [2.45, 2.75) is 143 Å². The van der Waals surface area contributed by atoms with Crippen molar-refractivity contribution in [3.63, 3.8) is 0 Å². The Kier molecular flexibility index (Phi) is 28.6. The number of nitrogens with two attached hydrogens (primary N) is 1. The van der Waals surface area contributed by atoms with Gasteiger partial charge in [0.25, 0.3) is 15.6 Å². The number of phosphoric ester groups is 1. The van der Waals surface area contributed by atoms with Gasteiger partial charge in [-0.15, -0.1) is 0 Å². The highest BCUT2D eigenvalue weighted by Crippen LogP contribution is 2.63. The smallest absolute Gasteiger partial charge is 0.478 e. The van der Waals surface area contributed by atoms with Crippen LogP contribution in [0.2, 0.25) is 0 Å². The molecule has 1 aromatic heterocycles. The Morgan fingerprint density at radius 2 is 1.22 bits per heavy atom. The zero-order valence-corrected chi connectivity index (χ0v) is 35.9. The zero-order chi connectivity index (χ0) is 41.2. The second kappa shape index (κ2) is 29.2. The Hall–Kier alpha value is -1.07. The van der Waals surface area contributed by atoms with Crippen LogP contribution in [0, 0.1) is 0 Å². The monoisotopic (exact) mass is 837 g/mol. The number of anilines is 1. The van der Waals surface area contributed by atoms with E-state index in [1.165, 1.54) is 129 Å². The summed E-state index contributed by atoms with van der Waals surface area (Å²) >= 11 is 0. The number of nitrogen functional groups attached to an aromatic ring is 1. The molecule has 0 saturated carbocycles. The molecule has 320 valence electrons. The number of hydrogen-bond donors (Lipinski definition) is 6. The van der Waals surface area contributed by atoms with Gasteiger partial charge in [0.2, 0.25) is 0 Å². The maximum atomic E-state index is 11.8. The van der Waals surface area contributed by atoms with Crippen molar-refractivity contribution in [2.75, 3.05) is 51.6 Å². The molecule has 21 heteroatoms. The van der Waals surface area contributed by atoms with Crippen LogP contribution in [-0.4, -0.2) is 82.5 Å². The number of nitrogens with one attached hydrogen (secondary N) is 2. The molecule has 7 N–H and O–H groups in total. The van der Waals surface area contributed by atoms with Gasteiger partial charge in [0.15, 0.2) is 0 Å². The van der Waals surface area contributed by atoms with Crippen molar-refractivity contribution in [3.05, 3.63) is 22.7 Å². The first kappa shape index (κ1) is 52.9. The first-order valence-corrected chi connectivity index (χ1v) is 23.9. The maximum Gasteiger partial charge on any atom is 0.478 e. The van der Waals surface area contributed by atoms with Gasteiger partial charge in [-0.3, -0.25) is 18.2 Å². The zero-order valence-electron chi connectivity index (χ0n) is 33.3. The lowest BCUT2D eigenvalue weighted by atomic mass is 10.2. The van der Waals surface area contributed by atoms with Crippen LogP contribution in [-0.2, 0) is 31.6 Å². The molecule has 18 nitrogen and oxygen atoms in total. The third-order valence-corrected chi connectivity index (χ3v) is 12.2. The highest BCUT2D eigenvalue weighted by atomic mass is 31.3. The fourth-order valence-corrected chi connectivity index (χ4v) is 8.38. The van der Waals surface area contributed by atoms with Crippen LogP contribution in [0.15, 0.2) is 17.1 Å². The lowest BCUT2D eigenvalue weighted by Gasteiger charge is -2.28. The Labute approximate surface area is 322 Å². The van der Waals surface area contributed by atoms with Crippen molar-refractivity contribution in [1.29, 1.82) is 0 Å². The summed E-state index contributed by atoms with van der Waals surface area (Å²) in [4.78, 5) is 58.0. The Bertz CT molecular complexity index is 1260. The van der Waals surface area contributed by atoms with Crippen molar-refractivity contribution < 1.29 is 66.1 Å². The summed E-state index contributed by atoms with van der Waals surface area (Å²) < 4.78 is 50.4. The maximum absolute atomic E-state index is 11.8. The molecule has 1 saturated heterocycles. The summed E-state index contributed by atoms with van der Waals surface area (Å²) in [6.07, 6.45) is 14.0. The summed E-state index contributed by atoms with van der Waals surface area (Å²) in [7, 11) is -17.2. The summed E-state index contributed by atoms with van der Waals surface area (Å²) in [5.41, 5.74) is 4.56. The Balaban J connectivity index is 0.000000901. The third-order valence-electron chi connectivity index (χ3n) is 8.48. The topological polar surface area (TPSA) is 265 Å². The number of aliphatic hydroxyl groups excluding tert-OH is 1. The molecule has 1 aromatic rings. The van der Waals surface area contributed by atoms with Crippen LogP contribution < -0.4 is 31.0 Å². The quantitative estimate of drug-likeness (QED) is 0.0730. The molecule has 0 amide bonds. The van der Waals surface area contributed by atoms with Crippen molar-refractivity contribution in [3.8, 4) is 0 Å². The van der Waals surface area contributed by atoms with Gasteiger partial charge in [0.1, 0.15) is 18.1 Å². The predicted molar refractivity (Wildman–Crippen MR) is 203 cm³/mol. The molecule has 1 fully saturated rings. The normalized spacial score (nSPS) is 20.4. The molecule has 0 aromatic carbocycles. The molecule has 2 heterocycles. The fraction of sp³-hybridized carbons (Fsp3) is 0.879. The van der Waals surface area contributed by atoms with Gasteiger partial charge in [-0.05, 0) is 44.6 Å². The standard InChI is InChI=1S/2C12H27N.C9H16N3O13P3/c2*1-4-7-10-13(11-8-5-2)12-9-6-3;10-7-1-2-12(9(14)11-7)8-3-5(13)6(23-8)4-22-27(18,19)25-28(20,21)24-26(15,16)17/h2*4-12H2,1-3H3;1-2,5-6,8,13H,3-4H2,(H,18,19)(H,20,21)(H2,10,11,14)(H2,15,16,17)/t;;5-,6+,8+/m..0/s1. The fourth-order valence-electron chi connectivity index (χ4n) is 5.45. The van der Waals surface area contributed by atoms with E-state index in [0.29, 0.717) is 0 Å². The molecule has 2 rings (SSSR count). The van der Waals surface area contributed by atoms with Crippen molar-refractivity contribution >= 4 is 29.3 Å². The molecule has 3 unspecified atom stereocenters. The molecule has 1 aliphatic heterocycles. The van der Waals surface area contributed by atoms with Crippen LogP contribution in [0.1, 0.15) is 131 Å². The summed E-state index contributed by atoms with van der Waals surface area (Å²) in [5, 5.41) is 9.92. The molecule has 0 spiro atoms. The Morgan fingerprint density at radius 3 is 1.57 bits per heavy atom. The van der Waals surface area contributed by atoms with E-state index in [2.05, 4.69) is 59.7 Å². The van der Waals surface area contributed by atoms with Crippen molar-refractivity contribution in [1.82, 2.24) is 9.55 Å². The van der Waals surface area contributed by atoms with Gasteiger partial charge in [-0.25, -0.2) is 18.0 Å². The minimum Gasteiger partial charge on any atom is -0.756 e. The van der Waals surface area contributed by atoms with E-state index in [1.54, 1.807) is 0 Å².